The number of carbonyl (C=O) groups excluding carboxylic acids is 3. The Morgan fingerprint density at radius 2 is 1.70 bits per heavy atom. The van der Waals surface area contributed by atoms with Crippen LogP contribution >= 0.6 is 0 Å². The van der Waals surface area contributed by atoms with Crippen LogP contribution < -0.4 is 16.0 Å². The van der Waals surface area contributed by atoms with Crippen molar-refractivity contribution in [3.8, 4) is 0 Å². The molecule has 146 valence electrons. The average molecular weight is 371 g/mol. The Balaban J connectivity index is 1.65. The lowest BCUT2D eigenvalue weighted by atomic mass is 9.80. The third-order valence-electron chi connectivity index (χ3n) is 5.69. The predicted molar refractivity (Wildman–Crippen MR) is 104 cm³/mol. The molecule has 1 aromatic carbocycles. The maximum Gasteiger partial charge on any atom is 0.252 e. The molecule has 27 heavy (non-hydrogen) atoms. The minimum absolute atomic E-state index is 0.0390. The van der Waals surface area contributed by atoms with Crippen molar-refractivity contribution in [2.45, 2.75) is 57.9 Å². The van der Waals surface area contributed by atoms with Gasteiger partial charge < -0.3 is 16.0 Å². The lowest BCUT2D eigenvalue weighted by molar-refractivity contribution is -0.128. The number of hydrogen-bond donors (Lipinski definition) is 3. The van der Waals surface area contributed by atoms with Gasteiger partial charge in [-0.3, -0.25) is 14.4 Å². The van der Waals surface area contributed by atoms with E-state index in [4.69, 9.17) is 0 Å². The van der Waals surface area contributed by atoms with E-state index < -0.39 is 5.54 Å². The topological polar surface area (TPSA) is 87.3 Å². The maximum atomic E-state index is 12.7. The van der Waals surface area contributed by atoms with Crippen molar-refractivity contribution in [2.75, 3.05) is 11.9 Å². The number of anilines is 1. The van der Waals surface area contributed by atoms with Crippen molar-refractivity contribution in [1.82, 2.24) is 10.6 Å². The fourth-order valence-electron chi connectivity index (χ4n) is 3.81. The van der Waals surface area contributed by atoms with Crippen molar-refractivity contribution in [1.29, 1.82) is 0 Å². The van der Waals surface area contributed by atoms with Crippen LogP contribution in [0.3, 0.4) is 0 Å². The smallest absolute Gasteiger partial charge is 0.252 e. The normalized spacial score (nSPS) is 23.2. The van der Waals surface area contributed by atoms with Crippen LogP contribution in [0.15, 0.2) is 24.3 Å². The highest BCUT2D eigenvalue weighted by molar-refractivity contribution is 6.00. The van der Waals surface area contributed by atoms with Crippen molar-refractivity contribution >= 4 is 23.4 Å². The van der Waals surface area contributed by atoms with E-state index in [-0.39, 0.29) is 23.6 Å². The molecule has 2 atom stereocenters. The van der Waals surface area contributed by atoms with Crippen LogP contribution in [0.5, 0.6) is 0 Å². The Kier molecular flexibility index (Phi) is 5.82. The van der Waals surface area contributed by atoms with Gasteiger partial charge in [-0.05, 0) is 56.4 Å². The molecule has 6 heteroatoms. The molecule has 3 N–H and O–H groups in total. The minimum Gasteiger partial charge on any atom is -0.354 e. The zero-order chi connectivity index (χ0) is 19.4. The summed E-state index contributed by atoms with van der Waals surface area (Å²) in [6, 6.07) is 6.85. The van der Waals surface area contributed by atoms with E-state index >= 15 is 0 Å². The van der Waals surface area contributed by atoms with Crippen molar-refractivity contribution in [3.05, 3.63) is 29.8 Å². The van der Waals surface area contributed by atoms with E-state index in [0.29, 0.717) is 36.6 Å². The van der Waals surface area contributed by atoms with Gasteiger partial charge in [-0.25, -0.2) is 0 Å². The van der Waals surface area contributed by atoms with Crippen LogP contribution in [0, 0.1) is 11.8 Å². The molecule has 3 rings (SSSR count). The van der Waals surface area contributed by atoms with Crippen molar-refractivity contribution in [3.63, 3.8) is 0 Å². The first kappa shape index (κ1) is 19.4. The van der Waals surface area contributed by atoms with E-state index in [0.717, 1.165) is 25.7 Å². The second kappa shape index (κ2) is 8.11. The van der Waals surface area contributed by atoms with Gasteiger partial charge in [0.25, 0.3) is 5.91 Å². The first-order valence-electron chi connectivity index (χ1n) is 9.97. The van der Waals surface area contributed by atoms with Crippen LogP contribution in [-0.4, -0.2) is 29.8 Å². The summed E-state index contributed by atoms with van der Waals surface area (Å²) in [5, 5.41) is 8.74. The summed E-state index contributed by atoms with van der Waals surface area (Å²) in [4.78, 5) is 37.3. The number of benzene rings is 1. The zero-order valence-electron chi connectivity index (χ0n) is 16.1. The van der Waals surface area contributed by atoms with Gasteiger partial charge in [0.05, 0.1) is 0 Å². The second-order valence-electron chi connectivity index (χ2n) is 7.84. The molecule has 0 saturated heterocycles. The second-order valence-corrected chi connectivity index (χ2v) is 7.84. The standard InChI is InChI=1S/C21H29N3O3/c1-3-22-20(27)21(11-5-4-6-12-21)24-18(25)15-7-9-16(10-8-15)23-19(26)17-13-14(17)2/h7-10,14,17H,3-6,11-13H2,1-2H3,(H,22,27)(H,23,26)(H,24,25)/t14-,17+/m0/s1. The van der Waals surface area contributed by atoms with Gasteiger partial charge in [0.2, 0.25) is 11.8 Å². The summed E-state index contributed by atoms with van der Waals surface area (Å²) in [5.74, 6) is 0.252. The quantitative estimate of drug-likeness (QED) is 0.718. The Labute approximate surface area is 160 Å². The summed E-state index contributed by atoms with van der Waals surface area (Å²) in [6.07, 6.45) is 5.22. The van der Waals surface area contributed by atoms with Gasteiger partial charge in [-0.1, -0.05) is 26.2 Å². The van der Waals surface area contributed by atoms with Crippen LogP contribution in [0.1, 0.15) is 62.7 Å². The van der Waals surface area contributed by atoms with E-state index in [1.54, 1.807) is 24.3 Å². The molecule has 0 spiro atoms. The molecular formula is C21H29N3O3. The van der Waals surface area contributed by atoms with Gasteiger partial charge in [-0.2, -0.15) is 0 Å². The molecule has 3 amide bonds. The van der Waals surface area contributed by atoms with E-state index in [2.05, 4.69) is 22.9 Å². The summed E-state index contributed by atoms with van der Waals surface area (Å²) >= 11 is 0. The summed E-state index contributed by atoms with van der Waals surface area (Å²) in [5.41, 5.74) is 0.356. The Morgan fingerprint density at radius 3 is 2.26 bits per heavy atom. The molecule has 0 heterocycles. The third kappa shape index (κ3) is 4.49. The van der Waals surface area contributed by atoms with Crippen LogP contribution in [0.4, 0.5) is 5.69 Å². The fraction of sp³-hybridized carbons (Fsp3) is 0.571. The number of carbonyl (C=O) groups is 3. The van der Waals surface area contributed by atoms with E-state index in [1.807, 2.05) is 6.92 Å². The lowest BCUT2D eigenvalue weighted by Crippen LogP contribution is -2.59. The van der Waals surface area contributed by atoms with Crippen LogP contribution in [-0.2, 0) is 9.59 Å². The average Bonchev–Trinajstić information content (AvgIpc) is 3.40. The third-order valence-corrected chi connectivity index (χ3v) is 5.69. The molecule has 2 saturated carbocycles. The molecule has 2 aliphatic carbocycles. The Morgan fingerprint density at radius 1 is 1.07 bits per heavy atom. The number of hydrogen-bond acceptors (Lipinski definition) is 3. The van der Waals surface area contributed by atoms with Crippen LogP contribution in [0.25, 0.3) is 0 Å². The highest BCUT2D eigenvalue weighted by Gasteiger charge is 2.41. The first-order valence-corrected chi connectivity index (χ1v) is 9.97. The first-order chi connectivity index (χ1) is 12.9. The summed E-state index contributed by atoms with van der Waals surface area (Å²) in [7, 11) is 0. The van der Waals surface area contributed by atoms with Crippen LogP contribution in [0.2, 0.25) is 0 Å². The van der Waals surface area contributed by atoms with Gasteiger partial charge >= 0.3 is 0 Å². The molecule has 6 nitrogen and oxygen atoms in total. The van der Waals surface area contributed by atoms with E-state index in [9.17, 15) is 14.4 Å². The molecule has 0 unspecified atom stereocenters. The van der Waals surface area contributed by atoms with Crippen molar-refractivity contribution < 1.29 is 14.4 Å². The predicted octanol–water partition coefficient (Wildman–Crippen LogP) is 2.85. The Bertz CT molecular complexity index is 708. The van der Waals surface area contributed by atoms with Crippen molar-refractivity contribution in [2.24, 2.45) is 11.8 Å². The van der Waals surface area contributed by atoms with E-state index in [1.165, 1.54) is 0 Å². The monoisotopic (exact) mass is 371 g/mol. The highest BCUT2D eigenvalue weighted by atomic mass is 16.2. The molecule has 2 aliphatic rings. The van der Waals surface area contributed by atoms with Gasteiger partial charge in [0, 0.05) is 23.7 Å². The lowest BCUT2D eigenvalue weighted by Gasteiger charge is -2.36. The summed E-state index contributed by atoms with van der Waals surface area (Å²) in [6.45, 7) is 4.49. The minimum atomic E-state index is -0.819. The highest BCUT2D eigenvalue weighted by Crippen LogP contribution is 2.38. The molecule has 0 bridgehead atoms. The summed E-state index contributed by atoms with van der Waals surface area (Å²) < 4.78 is 0. The SMILES string of the molecule is CCNC(=O)C1(NC(=O)c2ccc(NC(=O)[C@@H]3C[C@@H]3C)cc2)CCCCC1. The number of nitrogens with one attached hydrogen (secondary N) is 3. The Hall–Kier alpha value is -2.37. The zero-order valence-corrected chi connectivity index (χ0v) is 16.1. The largest absolute Gasteiger partial charge is 0.354 e. The van der Waals surface area contributed by atoms with Gasteiger partial charge in [-0.15, -0.1) is 0 Å². The molecule has 0 radical (unpaired) electrons. The maximum absolute atomic E-state index is 12.7. The molecule has 0 aliphatic heterocycles. The number of amides is 3. The number of rotatable bonds is 6. The molecular weight excluding hydrogens is 342 g/mol. The molecule has 0 aromatic heterocycles. The molecule has 2 fully saturated rings. The number of likely N-dealkylation sites (N-methyl/N-ethyl adjacent to an activating group) is 1. The van der Waals surface area contributed by atoms with Gasteiger partial charge in [0.1, 0.15) is 5.54 Å². The molecule has 1 aromatic rings. The fourth-order valence-corrected chi connectivity index (χ4v) is 3.81. The van der Waals surface area contributed by atoms with Gasteiger partial charge in [0.15, 0.2) is 0 Å².